The lowest BCUT2D eigenvalue weighted by atomic mass is 9.79. The van der Waals surface area contributed by atoms with Gasteiger partial charge in [-0.25, -0.2) is 9.97 Å². The van der Waals surface area contributed by atoms with Gasteiger partial charge in [0.1, 0.15) is 0 Å². The fraction of sp³-hybridized carbons (Fsp3) is 0.722. The average Bonchev–Trinajstić information content (AvgIpc) is 2.63. The summed E-state index contributed by atoms with van der Waals surface area (Å²) in [5.74, 6) is 1.00. The second-order valence-corrected chi connectivity index (χ2v) is 7.83. The van der Waals surface area contributed by atoms with Crippen molar-refractivity contribution in [3.63, 3.8) is 0 Å². The van der Waals surface area contributed by atoms with Gasteiger partial charge in [0.05, 0.1) is 0 Å². The van der Waals surface area contributed by atoms with E-state index in [1.807, 2.05) is 11.0 Å². The van der Waals surface area contributed by atoms with Gasteiger partial charge in [-0.3, -0.25) is 4.79 Å². The summed E-state index contributed by atoms with van der Waals surface area (Å²) in [6.07, 6.45) is 5.11. The number of carbonyl (C=O) groups is 1. The van der Waals surface area contributed by atoms with Crippen molar-refractivity contribution >= 4 is 36.7 Å². The van der Waals surface area contributed by atoms with E-state index in [0.717, 1.165) is 58.2 Å². The molecule has 1 atom stereocenters. The van der Waals surface area contributed by atoms with Gasteiger partial charge < -0.3 is 20.4 Å². The number of anilines is 1. The predicted octanol–water partition coefficient (Wildman–Crippen LogP) is 1.42. The number of piperazine rings is 1. The van der Waals surface area contributed by atoms with Crippen LogP contribution in [0, 0.1) is 5.41 Å². The monoisotopic (exact) mass is 418 g/mol. The molecule has 0 radical (unpaired) electrons. The third-order valence-electron chi connectivity index (χ3n) is 5.50. The van der Waals surface area contributed by atoms with Gasteiger partial charge in [-0.2, -0.15) is 0 Å². The van der Waals surface area contributed by atoms with Gasteiger partial charge >= 0.3 is 0 Å². The van der Waals surface area contributed by atoms with E-state index < -0.39 is 0 Å². The quantitative estimate of drug-likeness (QED) is 0.796. The van der Waals surface area contributed by atoms with E-state index in [4.69, 9.17) is 5.73 Å². The minimum atomic E-state index is 0. The van der Waals surface area contributed by atoms with E-state index in [9.17, 15) is 4.79 Å². The van der Waals surface area contributed by atoms with Crippen LogP contribution < -0.4 is 10.6 Å². The van der Waals surface area contributed by atoms with Crippen molar-refractivity contribution in [2.24, 2.45) is 11.1 Å². The molecule has 2 N–H and O–H groups in total. The smallest absolute Gasteiger partial charge is 0.225 e. The van der Waals surface area contributed by atoms with Gasteiger partial charge in [0, 0.05) is 64.1 Å². The van der Waals surface area contributed by atoms with Gasteiger partial charge in [-0.1, -0.05) is 13.8 Å². The summed E-state index contributed by atoms with van der Waals surface area (Å²) in [5.41, 5.74) is 6.32. The Kier molecular flexibility index (Phi) is 9.21. The first kappa shape index (κ1) is 23.9. The highest BCUT2D eigenvalue weighted by Gasteiger charge is 2.33. The molecule has 2 aliphatic rings. The molecule has 1 aromatic rings. The summed E-state index contributed by atoms with van der Waals surface area (Å²) >= 11 is 0. The number of aromatic nitrogens is 2. The van der Waals surface area contributed by atoms with Crippen molar-refractivity contribution in [3.8, 4) is 0 Å². The van der Waals surface area contributed by atoms with Crippen molar-refractivity contribution in [2.45, 2.75) is 32.7 Å². The van der Waals surface area contributed by atoms with E-state index in [0.29, 0.717) is 6.42 Å². The highest BCUT2D eigenvalue weighted by molar-refractivity contribution is 5.85. The number of carbonyl (C=O) groups excluding carboxylic acids is 1. The zero-order valence-corrected chi connectivity index (χ0v) is 17.8. The van der Waals surface area contributed by atoms with E-state index in [1.165, 1.54) is 0 Å². The minimum absolute atomic E-state index is 0. The van der Waals surface area contributed by atoms with Gasteiger partial charge in [0.2, 0.25) is 11.9 Å². The van der Waals surface area contributed by atoms with Crippen molar-refractivity contribution < 1.29 is 4.79 Å². The van der Waals surface area contributed by atoms with Crippen LogP contribution in [0.4, 0.5) is 5.95 Å². The molecule has 0 saturated carbocycles. The van der Waals surface area contributed by atoms with Crippen molar-refractivity contribution in [2.75, 3.05) is 50.7 Å². The molecule has 0 spiro atoms. The molecule has 9 heteroatoms. The summed E-state index contributed by atoms with van der Waals surface area (Å²) in [6.45, 7) is 10.3. The van der Waals surface area contributed by atoms with Gasteiger partial charge in [0.25, 0.3) is 0 Å². The molecule has 154 valence electrons. The van der Waals surface area contributed by atoms with Crippen LogP contribution in [0.15, 0.2) is 18.5 Å². The van der Waals surface area contributed by atoms with Crippen LogP contribution in [-0.4, -0.2) is 77.5 Å². The number of halogens is 2. The van der Waals surface area contributed by atoms with Gasteiger partial charge in [-0.15, -0.1) is 24.8 Å². The first-order chi connectivity index (χ1) is 12.0. The molecule has 2 saturated heterocycles. The van der Waals surface area contributed by atoms with Crippen LogP contribution in [0.3, 0.4) is 0 Å². The van der Waals surface area contributed by atoms with E-state index in [1.54, 1.807) is 12.4 Å². The van der Waals surface area contributed by atoms with Crippen LogP contribution in [0.5, 0.6) is 0 Å². The molecule has 7 nitrogen and oxygen atoms in total. The number of piperidine rings is 1. The lowest BCUT2D eigenvalue weighted by Crippen LogP contribution is -2.53. The molecule has 1 unspecified atom stereocenters. The molecule has 1 aromatic heterocycles. The molecular weight excluding hydrogens is 387 g/mol. The van der Waals surface area contributed by atoms with Crippen LogP contribution >= 0.6 is 24.8 Å². The van der Waals surface area contributed by atoms with Gasteiger partial charge in [0.15, 0.2) is 0 Å². The largest absolute Gasteiger partial charge is 0.339 e. The molecule has 0 aromatic carbocycles. The first-order valence-electron chi connectivity index (χ1n) is 9.23. The third-order valence-corrected chi connectivity index (χ3v) is 5.50. The fourth-order valence-electron chi connectivity index (χ4n) is 3.70. The number of hydrogen-bond donors (Lipinski definition) is 1. The summed E-state index contributed by atoms with van der Waals surface area (Å²) in [5, 5.41) is 0. The summed E-state index contributed by atoms with van der Waals surface area (Å²) in [7, 11) is 0. The lowest BCUT2D eigenvalue weighted by Gasteiger charge is -2.43. The number of rotatable bonds is 4. The molecular formula is C18H32Cl2N6O. The zero-order chi connectivity index (χ0) is 17.9. The van der Waals surface area contributed by atoms with Crippen LogP contribution in [0.2, 0.25) is 0 Å². The Morgan fingerprint density at radius 1 is 1.15 bits per heavy atom. The highest BCUT2D eigenvalue weighted by atomic mass is 35.5. The number of nitrogens with zero attached hydrogens (tertiary/aromatic N) is 5. The zero-order valence-electron chi connectivity index (χ0n) is 16.2. The average molecular weight is 419 g/mol. The van der Waals surface area contributed by atoms with Gasteiger partial charge in [-0.05, 0) is 24.4 Å². The maximum absolute atomic E-state index is 12.5. The topological polar surface area (TPSA) is 78.6 Å². The normalized spacial score (nSPS) is 22.6. The SMILES string of the molecule is CC1(C)CN(CCC(=O)N2CCN(c3ncccn3)CC2)CCC1N.Cl.Cl. The molecule has 2 fully saturated rings. The molecule has 3 heterocycles. The second kappa shape index (κ2) is 10.4. The van der Waals surface area contributed by atoms with E-state index >= 15 is 0 Å². The second-order valence-electron chi connectivity index (χ2n) is 7.83. The summed E-state index contributed by atoms with van der Waals surface area (Å²) < 4.78 is 0. The molecule has 27 heavy (non-hydrogen) atoms. The van der Waals surface area contributed by atoms with E-state index in [-0.39, 0.29) is 42.2 Å². The third kappa shape index (κ3) is 6.17. The van der Waals surface area contributed by atoms with Crippen LogP contribution in [0.1, 0.15) is 26.7 Å². The Morgan fingerprint density at radius 3 is 2.37 bits per heavy atom. The van der Waals surface area contributed by atoms with Crippen molar-refractivity contribution in [1.29, 1.82) is 0 Å². The fourth-order valence-corrected chi connectivity index (χ4v) is 3.70. The molecule has 1 amide bonds. The first-order valence-corrected chi connectivity index (χ1v) is 9.23. The minimum Gasteiger partial charge on any atom is -0.339 e. The molecule has 3 rings (SSSR count). The maximum atomic E-state index is 12.5. The Morgan fingerprint density at radius 2 is 1.78 bits per heavy atom. The Balaban J connectivity index is 0.00000182. The van der Waals surface area contributed by atoms with Crippen LogP contribution in [0.25, 0.3) is 0 Å². The van der Waals surface area contributed by atoms with E-state index in [2.05, 4.69) is 33.6 Å². The number of likely N-dealkylation sites (tertiary alicyclic amines) is 1. The summed E-state index contributed by atoms with van der Waals surface area (Å²) in [6, 6.07) is 2.07. The predicted molar refractivity (Wildman–Crippen MR) is 113 cm³/mol. The Bertz CT molecular complexity index is 580. The Labute approximate surface area is 174 Å². The molecule has 0 aliphatic carbocycles. The summed E-state index contributed by atoms with van der Waals surface area (Å²) in [4.78, 5) is 27.6. The highest BCUT2D eigenvalue weighted by Crippen LogP contribution is 2.27. The Hall–Kier alpha value is -1.15. The van der Waals surface area contributed by atoms with Crippen molar-refractivity contribution in [1.82, 2.24) is 19.8 Å². The standard InChI is InChI=1S/C18H30N6O.2ClH/c1-18(2)14-22(8-4-15(18)19)9-5-16(25)23-10-12-24(13-11-23)17-20-6-3-7-21-17;;/h3,6-7,15H,4-5,8-14,19H2,1-2H3;2*1H. The molecule has 2 aliphatic heterocycles. The molecule has 0 bridgehead atoms. The maximum Gasteiger partial charge on any atom is 0.225 e. The number of hydrogen-bond acceptors (Lipinski definition) is 6. The van der Waals surface area contributed by atoms with Crippen LogP contribution in [-0.2, 0) is 4.79 Å². The number of amides is 1. The number of nitrogens with two attached hydrogens (primary N) is 1. The van der Waals surface area contributed by atoms with Crippen molar-refractivity contribution in [3.05, 3.63) is 18.5 Å². The lowest BCUT2D eigenvalue weighted by molar-refractivity contribution is -0.132.